The molecule has 2 aromatic heterocycles. The summed E-state index contributed by atoms with van der Waals surface area (Å²) >= 11 is 3.13. The summed E-state index contributed by atoms with van der Waals surface area (Å²) in [6.45, 7) is 2.00. The second kappa shape index (κ2) is 21.4. The maximum atomic E-state index is 12.0. The molecule has 0 aromatic carbocycles. The number of ether oxygens (including phenoxy) is 2. The molecule has 2 atom stereocenters. The van der Waals surface area contributed by atoms with Gasteiger partial charge in [0.15, 0.2) is 6.10 Å². The van der Waals surface area contributed by atoms with Gasteiger partial charge in [0.1, 0.15) is 18.6 Å². The van der Waals surface area contributed by atoms with Crippen LogP contribution in [-0.4, -0.2) is 46.5 Å². The largest absolute Gasteiger partial charge is 0.472 e. The van der Waals surface area contributed by atoms with Crippen LogP contribution in [0.15, 0.2) is 27.4 Å². The Morgan fingerprint density at radius 2 is 1.54 bits per heavy atom. The van der Waals surface area contributed by atoms with E-state index in [1.54, 1.807) is 6.07 Å². The van der Waals surface area contributed by atoms with Crippen LogP contribution >= 0.6 is 23.8 Å². The summed E-state index contributed by atoms with van der Waals surface area (Å²) < 4.78 is 43.3. The van der Waals surface area contributed by atoms with Crippen LogP contribution in [0.2, 0.25) is 0 Å². The average Bonchev–Trinajstić information content (AvgIpc) is 3.61. The van der Waals surface area contributed by atoms with Gasteiger partial charge in [-0.05, 0) is 16.7 Å². The van der Waals surface area contributed by atoms with Gasteiger partial charge in [-0.25, -0.2) is 4.57 Å². The van der Waals surface area contributed by atoms with Gasteiger partial charge >= 0.3 is 7.82 Å². The van der Waals surface area contributed by atoms with E-state index in [0.717, 1.165) is 25.0 Å². The monoisotopic (exact) mass is 636 g/mol. The van der Waals surface area contributed by atoms with Gasteiger partial charge in [0, 0.05) is 23.9 Å². The molecule has 0 aliphatic rings. The van der Waals surface area contributed by atoms with Crippen LogP contribution in [0.5, 0.6) is 11.8 Å². The Morgan fingerprint density at radius 1 is 0.897 bits per heavy atom. The number of aryl methyl sites for hydroxylation is 1. The maximum Gasteiger partial charge on any atom is 0.472 e. The fourth-order valence-corrected chi connectivity index (χ4v) is 5.23. The lowest BCUT2D eigenvalue weighted by atomic mass is 10.0. The van der Waals surface area contributed by atoms with Crippen molar-refractivity contribution in [2.75, 3.05) is 25.2 Å². The number of phosphoric acid groups is 1. The molecular formula is C27H46BrN2O8P. The number of halogens is 1. The molecule has 0 radical (unpaired) electrons. The third-order valence-corrected chi connectivity index (χ3v) is 7.50. The topological polar surface area (TPSA) is 126 Å². The van der Waals surface area contributed by atoms with Gasteiger partial charge in [-0.1, -0.05) is 106 Å². The number of alkyl halides is 1. The molecule has 2 heterocycles. The van der Waals surface area contributed by atoms with Crippen LogP contribution in [0.25, 0.3) is 0 Å². The van der Waals surface area contributed by atoms with Crippen molar-refractivity contribution in [3.63, 3.8) is 0 Å². The molecule has 2 aromatic rings. The predicted octanol–water partition coefficient (Wildman–Crippen LogP) is 8.04. The second-order valence-electron chi connectivity index (χ2n) is 9.65. The second-order valence-corrected chi connectivity index (χ2v) is 11.9. The molecule has 0 aliphatic carbocycles. The minimum Gasteiger partial charge on any atom is -0.471 e. The highest BCUT2D eigenvalue weighted by Gasteiger charge is 2.25. The van der Waals surface area contributed by atoms with Gasteiger partial charge in [0.05, 0.1) is 13.2 Å². The van der Waals surface area contributed by atoms with Crippen molar-refractivity contribution in [1.29, 1.82) is 0 Å². The van der Waals surface area contributed by atoms with Crippen LogP contribution in [0.4, 0.5) is 0 Å². The number of hydrogen-bond acceptors (Lipinski definition) is 9. The lowest BCUT2D eigenvalue weighted by Gasteiger charge is -2.18. The third-order valence-electron chi connectivity index (χ3n) is 6.19. The Kier molecular flexibility index (Phi) is 18.5. The van der Waals surface area contributed by atoms with Crippen LogP contribution in [0, 0.1) is 0 Å². The first-order chi connectivity index (χ1) is 19.0. The number of unbranched alkanes of at least 4 members (excludes halogenated alkanes) is 13. The Balaban J connectivity index is 1.57. The standard InChI is InChI=1S/C27H46BrN2O8P/c1-2-3-4-5-6-7-8-9-10-11-12-13-14-15-16-24-21-27(30-38-24)33-22-25(37-26-17-19-34-29-26)23-36-39(31,32)35-20-18-28/h17,19,21,25H,2-16,18,20,22-23H2,1H3,(H,31,32). The highest BCUT2D eigenvalue weighted by atomic mass is 79.9. The number of nitrogens with zero attached hydrogens (tertiary/aromatic N) is 2. The molecule has 0 spiro atoms. The highest BCUT2D eigenvalue weighted by molar-refractivity contribution is 9.09. The Hall–Kier alpha value is -1.39. The van der Waals surface area contributed by atoms with Gasteiger partial charge < -0.3 is 23.4 Å². The van der Waals surface area contributed by atoms with Crippen molar-refractivity contribution in [2.45, 2.75) is 109 Å². The number of aromatic nitrogens is 2. The van der Waals surface area contributed by atoms with Crippen molar-refractivity contribution in [2.24, 2.45) is 0 Å². The molecule has 224 valence electrons. The summed E-state index contributed by atoms with van der Waals surface area (Å²) in [5, 5.41) is 8.04. The smallest absolute Gasteiger partial charge is 0.471 e. The molecule has 0 saturated heterocycles. The zero-order chi connectivity index (χ0) is 28.0. The van der Waals surface area contributed by atoms with Crippen molar-refractivity contribution < 1.29 is 37.0 Å². The molecule has 1 N–H and O–H groups in total. The van der Waals surface area contributed by atoms with Gasteiger partial charge in [-0.15, -0.1) is 0 Å². The zero-order valence-electron chi connectivity index (χ0n) is 23.3. The van der Waals surface area contributed by atoms with E-state index in [2.05, 4.69) is 33.2 Å². The Labute approximate surface area is 241 Å². The van der Waals surface area contributed by atoms with E-state index in [0.29, 0.717) is 11.2 Å². The lowest BCUT2D eigenvalue weighted by molar-refractivity contribution is 0.0524. The SMILES string of the molecule is CCCCCCCCCCCCCCCCc1cc(OCC(COP(=O)(O)OCCBr)Oc2ccon2)no1. The van der Waals surface area contributed by atoms with Crippen molar-refractivity contribution in [3.8, 4) is 11.8 Å². The molecular weight excluding hydrogens is 591 g/mol. The highest BCUT2D eigenvalue weighted by Crippen LogP contribution is 2.43. The summed E-state index contributed by atoms with van der Waals surface area (Å²) in [4.78, 5) is 9.77. The number of phosphoric ester groups is 1. The summed E-state index contributed by atoms with van der Waals surface area (Å²) in [7, 11) is -4.22. The van der Waals surface area contributed by atoms with E-state index in [9.17, 15) is 9.46 Å². The van der Waals surface area contributed by atoms with Crippen molar-refractivity contribution in [1.82, 2.24) is 10.3 Å². The van der Waals surface area contributed by atoms with Crippen LogP contribution in [0.3, 0.4) is 0 Å². The summed E-state index contributed by atoms with van der Waals surface area (Å²) in [6.07, 6.45) is 19.9. The van der Waals surface area contributed by atoms with E-state index in [1.807, 2.05) is 0 Å². The molecule has 0 fully saturated rings. The molecule has 10 nitrogen and oxygen atoms in total. The molecule has 12 heteroatoms. The fraction of sp³-hybridized carbons (Fsp3) is 0.778. The molecule has 39 heavy (non-hydrogen) atoms. The Morgan fingerprint density at radius 3 is 2.13 bits per heavy atom. The minimum absolute atomic E-state index is 0.0177. The molecule has 0 bridgehead atoms. The molecule has 0 amide bonds. The normalized spacial score (nSPS) is 13.8. The fourth-order valence-electron chi connectivity index (χ4n) is 4.07. The Bertz CT molecular complexity index is 883. The molecule has 2 unspecified atom stereocenters. The first-order valence-corrected chi connectivity index (χ1v) is 17.0. The molecule has 2 rings (SSSR count). The van der Waals surface area contributed by atoms with Crippen LogP contribution in [0.1, 0.15) is 103 Å². The van der Waals surface area contributed by atoms with Crippen LogP contribution in [-0.2, 0) is 20.0 Å². The lowest BCUT2D eigenvalue weighted by Crippen LogP contribution is -2.30. The minimum atomic E-state index is -4.22. The van der Waals surface area contributed by atoms with Crippen molar-refractivity contribution >= 4 is 23.8 Å². The third kappa shape index (κ3) is 17.1. The van der Waals surface area contributed by atoms with Crippen molar-refractivity contribution in [3.05, 3.63) is 24.2 Å². The van der Waals surface area contributed by atoms with E-state index in [4.69, 9.17) is 27.6 Å². The first-order valence-electron chi connectivity index (χ1n) is 14.4. The van der Waals surface area contributed by atoms with E-state index >= 15 is 0 Å². The van der Waals surface area contributed by atoms with Gasteiger partial charge in [-0.2, -0.15) is 0 Å². The number of rotatable bonds is 26. The zero-order valence-corrected chi connectivity index (χ0v) is 25.7. The predicted molar refractivity (Wildman–Crippen MR) is 152 cm³/mol. The first kappa shape index (κ1) is 33.8. The molecule has 0 saturated carbocycles. The van der Waals surface area contributed by atoms with E-state index < -0.39 is 13.9 Å². The molecule has 0 aliphatic heterocycles. The summed E-state index contributed by atoms with van der Waals surface area (Å²) in [5.74, 6) is 1.27. The van der Waals surface area contributed by atoms with E-state index in [-0.39, 0.29) is 25.7 Å². The summed E-state index contributed by atoms with van der Waals surface area (Å²) in [5.41, 5.74) is 0. The quantitative estimate of drug-likeness (QED) is 0.0615. The maximum absolute atomic E-state index is 12.0. The average molecular weight is 638 g/mol. The van der Waals surface area contributed by atoms with Gasteiger partial charge in [0.2, 0.25) is 0 Å². The van der Waals surface area contributed by atoms with Crippen LogP contribution < -0.4 is 9.47 Å². The van der Waals surface area contributed by atoms with E-state index in [1.165, 1.54) is 89.4 Å². The summed E-state index contributed by atoms with van der Waals surface area (Å²) in [6, 6.07) is 3.27. The van der Waals surface area contributed by atoms with Gasteiger partial charge in [0.25, 0.3) is 11.8 Å². The number of hydrogen-bond donors (Lipinski definition) is 1. The van der Waals surface area contributed by atoms with Gasteiger partial charge in [-0.3, -0.25) is 9.05 Å².